The molecule has 0 spiro atoms. The molecule has 2 fully saturated rings. The molecule has 0 unspecified atom stereocenters. The highest BCUT2D eigenvalue weighted by atomic mass is 35.5. The van der Waals surface area contributed by atoms with E-state index in [-0.39, 0.29) is 68.3 Å². The Morgan fingerprint density at radius 3 is 2.27 bits per heavy atom. The van der Waals surface area contributed by atoms with E-state index in [4.69, 9.17) is 25.9 Å². The van der Waals surface area contributed by atoms with Gasteiger partial charge in [-0.15, -0.1) is 0 Å². The molecule has 380 valence electrons. The normalized spacial score (nSPS) is 18.8. The summed E-state index contributed by atoms with van der Waals surface area (Å²) in [6.45, 7) is 6.09. The number of carbonyl (C=O) groups excluding carboxylic acids is 2. The van der Waals surface area contributed by atoms with Gasteiger partial charge in [0.2, 0.25) is 15.9 Å². The molecular formula is C49H44BClF6N8O7S. The SMILES string of the molecule is Cn1nc(N(Cc2ccc(C=O)cc2)S(C)(=O)=O)c2c(Cl)ccc(-n3c([C@H](Cc4cc(F)cc(F)c4)NC(=O)Cn4nc(C(F)F)c5c4C(F)(F)[C@@H]4C[C@H]54)nc4cc(B5OC(C)(C)C(C)(C)O5)ccc4c3=O)c21. The summed E-state index contributed by atoms with van der Waals surface area (Å²) in [5, 5.41) is 11.1. The number of aryl methyl sites for hydroxylation is 1. The van der Waals surface area contributed by atoms with E-state index < -0.39 is 106 Å². The molecule has 7 aromatic rings. The Morgan fingerprint density at radius 1 is 0.973 bits per heavy atom. The number of halogens is 7. The molecule has 15 nitrogen and oxygen atoms in total. The number of hydrogen-bond acceptors (Lipinski definition) is 10. The average Bonchev–Trinajstić information content (AvgIpc) is 3.73. The van der Waals surface area contributed by atoms with Gasteiger partial charge in [-0.3, -0.25) is 28.3 Å². The minimum Gasteiger partial charge on any atom is -0.399 e. The number of sulfonamides is 1. The van der Waals surface area contributed by atoms with Gasteiger partial charge in [0.05, 0.1) is 62.6 Å². The molecule has 1 aliphatic heterocycles. The Balaban J connectivity index is 1.18. The number of nitrogens with one attached hydrogen (secondary N) is 1. The van der Waals surface area contributed by atoms with Gasteiger partial charge in [-0.05, 0) is 93.0 Å². The lowest BCUT2D eigenvalue weighted by Crippen LogP contribution is -2.41. The van der Waals surface area contributed by atoms with E-state index in [0.29, 0.717) is 33.6 Å². The van der Waals surface area contributed by atoms with Crippen molar-refractivity contribution in [3.05, 3.63) is 139 Å². The van der Waals surface area contributed by atoms with Crippen LogP contribution in [0.25, 0.3) is 27.5 Å². The van der Waals surface area contributed by atoms with Crippen molar-refractivity contribution >= 4 is 74.0 Å². The van der Waals surface area contributed by atoms with Crippen LogP contribution in [0.2, 0.25) is 5.02 Å². The predicted octanol–water partition coefficient (Wildman–Crippen LogP) is 7.73. The molecule has 73 heavy (non-hydrogen) atoms. The molecule has 3 aromatic heterocycles. The summed E-state index contributed by atoms with van der Waals surface area (Å²) >= 11 is 6.93. The molecule has 10 rings (SSSR count). The van der Waals surface area contributed by atoms with Crippen LogP contribution in [0.3, 0.4) is 0 Å². The van der Waals surface area contributed by atoms with Gasteiger partial charge in [-0.25, -0.2) is 35.3 Å². The number of carbonyl (C=O) groups is 2. The number of nitrogens with zero attached hydrogens (tertiary/aromatic N) is 7. The van der Waals surface area contributed by atoms with Gasteiger partial charge >= 0.3 is 7.12 Å². The summed E-state index contributed by atoms with van der Waals surface area (Å²) in [6.07, 6.45) is -2.17. The van der Waals surface area contributed by atoms with Crippen molar-refractivity contribution in [3.8, 4) is 5.69 Å². The van der Waals surface area contributed by atoms with Gasteiger partial charge in [0.1, 0.15) is 41.7 Å². The largest absolute Gasteiger partial charge is 0.494 e. The monoisotopic (exact) mass is 1050 g/mol. The Labute approximate surface area is 418 Å². The molecule has 3 atom stereocenters. The second kappa shape index (κ2) is 17.6. The van der Waals surface area contributed by atoms with Crippen molar-refractivity contribution in [1.82, 2.24) is 34.4 Å². The number of benzene rings is 4. The summed E-state index contributed by atoms with van der Waals surface area (Å²) in [5.74, 6) is -9.21. The number of rotatable bonds is 14. The molecule has 0 bridgehead atoms. The van der Waals surface area contributed by atoms with E-state index in [2.05, 4.69) is 15.5 Å². The minimum absolute atomic E-state index is 0.000322. The van der Waals surface area contributed by atoms with Crippen LogP contribution in [0.1, 0.15) is 96.8 Å². The van der Waals surface area contributed by atoms with Crippen LogP contribution >= 0.6 is 11.6 Å². The van der Waals surface area contributed by atoms with Crippen molar-refractivity contribution in [3.63, 3.8) is 0 Å². The van der Waals surface area contributed by atoms with Crippen molar-refractivity contribution in [2.24, 2.45) is 13.0 Å². The van der Waals surface area contributed by atoms with E-state index in [1.807, 2.05) is 27.7 Å². The van der Waals surface area contributed by atoms with Crippen LogP contribution in [0.4, 0.5) is 32.2 Å². The summed E-state index contributed by atoms with van der Waals surface area (Å²) < 4.78 is 134. The first-order valence-electron chi connectivity index (χ1n) is 22.9. The van der Waals surface area contributed by atoms with Crippen molar-refractivity contribution in [1.29, 1.82) is 0 Å². The Bertz CT molecular complexity index is 3590. The molecule has 4 aromatic carbocycles. The van der Waals surface area contributed by atoms with Gasteiger partial charge in [-0.2, -0.15) is 19.0 Å². The summed E-state index contributed by atoms with van der Waals surface area (Å²) in [4.78, 5) is 46.2. The number of aldehydes is 1. The molecule has 4 heterocycles. The smallest absolute Gasteiger partial charge is 0.399 e. The molecule has 24 heteroatoms. The third-order valence-electron chi connectivity index (χ3n) is 14.1. The van der Waals surface area contributed by atoms with Crippen LogP contribution < -0.4 is 20.6 Å². The second-order valence-corrected chi connectivity index (χ2v) is 21.9. The van der Waals surface area contributed by atoms with Gasteiger partial charge < -0.3 is 14.6 Å². The summed E-state index contributed by atoms with van der Waals surface area (Å²) in [7, 11) is -3.65. The number of fused-ring (bicyclic) bond motifs is 5. The third-order valence-corrected chi connectivity index (χ3v) is 15.5. The highest BCUT2D eigenvalue weighted by molar-refractivity contribution is 7.92. The highest BCUT2D eigenvalue weighted by Crippen LogP contribution is 2.68. The molecule has 1 N–H and O–H groups in total. The zero-order chi connectivity index (χ0) is 52.4. The minimum atomic E-state index is -4.16. The molecule has 2 aliphatic carbocycles. The van der Waals surface area contributed by atoms with E-state index in [1.165, 1.54) is 48.1 Å². The van der Waals surface area contributed by atoms with Crippen LogP contribution in [0.15, 0.2) is 77.6 Å². The first kappa shape index (κ1) is 50.0. The van der Waals surface area contributed by atoms with Crippen molar-refractivity contribution in [2.75, 3.05) is 10.6 Å². The third kappa shape index (κ3) is 8.66. The summed E-state index contributed by atoms with van der Waals surface area (Å²) in [5.41, 5.74) is -3.06. The lowest BCUT2D eigenvalue weighted by Gasteiger charge is -2.32. The van der Waals surface area contributed by atoms with E-state index in [1.54, 1.807) is 18.2 Å². The predicted molar refractivity (Wildman–Crippen MR) is 258 cm³/mol. The number of anilines is 1. The van der Waals surface area contributed by atoms with Gasteiger partial charge in [-0.1, -0.05) is 41.9 Å². The lowest BCUT2D eigenvalue weighted by atomic mass is 9.79. The molecule has 3 aliphatic rings. The zero-order valence-corrected chi connectivity index (χ0v) is 41.3. The molecule has 1 amide bonds. The maximum atomic E-state index is 15.7. The van der Waals surface area contributed by atoms with Crippen LogP contribution in [-0.2, 0) is 56.6 Å². The van der Waals surface area contributed by atoms with Crippen molar-refractivity contribution < 1.29 is 53.7 Å². The molecule has 1 saturated carbocycles. The van der Waals surface area contributed by atoms with Gasteiger partial charge in [0, 0.05) is 36.6 Å². The first-order valence-corrected chi connectivity index (χ1v) is 25.1. The number of amides is 1. The number of alkyl halides is 4. The standard InChI is InChI=1S/C49H44BClF6N8O7S/c1-47(2)48(3,4)72-50(71-47)27-11-12-30-34(18-27)59-44(35(17-26-15-28(52)19-29(53)16-26)58-37(67)22-63-42-38(40(60-63)43(54)55)31-20-32(31)49(42,56)57)65(46(30)68)36-14-13-33(51)39-41(36)62(5)61-45(39)64(73(6,69)70)21-24-7-9-25(23-66)10-8-24/h7-16,18-19,23,31-32,35,43H,17,20-22H2,1-6H3,(H,58,67)/t31-,32+,35-/m0/s1. The summed E-state index contributed by atoms with van der Waals surface area (Å²) in [6, 6.07) is 14.6. The zero-order valence-electron chi connectivity index (χ0n) is 39.8. The molecule has 1 saturated heterocycles. The number of aromatic nitrogens is 6. The lowest BCUT2D eigenvalue weighted by molar-refractivity contribution is -0.123. The second-order valence-electron chi connectivity index (χ2n) is 19.6. The van der Waals surface area contributed by atoms with E-state index >= 15 is 13.6 Å². The quantitative estimate of drug-likeness (QED) is 0.0646. The van der Waals surface area contributed by atoms with E-state index in [0.717, 1.165) is 27.3 Å². The maximum absolute atomic E-state index is 15.7. The van der Waals surface area contributed by atoms with Crippen LogP contribution in [-0.4, -0.2) is 74.3 Å². The average molecular weight is 1050 g/mol. The Hall–Kier alpha value is -6.56. The maximum Gasteiger partial charge on any atom is 0.494 e. The Kier molecular flexibility index (Phi) is 12.0. The van der Waals surface area contributed by atoms with Gasteiger partial charge in [0.15, 0.2) is 5.82 Å². The molecule has 0 radical (unpaired) electrons. The van der Waals surface area contributed by atoms with Crippen molar-refractivity contribution in [2.45, 2.75) is 89.1 Å². The fourth-order valence-corrected chi connectivity index (χ4v) is 10.9. The molecular weight excluding hydrogens is 1000 g/mol. The van der Waals surface area contributed by atoms with Gasteiger partial charge in [0.25, 0.3) is 17.9 Å². The first-order chi connectivity index (χ1) is 34.3. The Morgan fingerprint density at radius 2 is 1.64 bits per heavy atom. The van der Waals surface area contributed by atoms with E-state index in [9.17, 15) is 35.6 Å². The number of hydrogen-bond donors (Lipinski definition) is 1. The van der Waals surface area contributed by atoms with Crippen LogP contribution in [0.5, 0.6) is 0 Å². The highest BCUT2D eigenvalue weighted by Gasteiger charge is 2.67. The topological polar surface area (TPSA) is 173 Å². The fraction of sp³-hybridized carbons (Fsp3) is 0.347. The van der Waals surface area contributed by atoms with Crippen LogP contribution in [0, 0.1) is 17.6 Å². The fourth-order valence-electron chi connectivity index (χ4n) is 9.85.